The summed E-state index contributed by atoms with van der Waals surface area (Å²) in [4.78, 5) is 18.1. The SMILES string of the molecule is Oc1c(F)c(F)c(O)c(F)c1F.c1ccc2nc3ccccc3nc2c1.c1ccc2nc3ccccc3nc2c1. The molecule has 0 fully saturated rings. The maximum atomic E-state index is 12.2. The lowest BCUT2D eigenvalue weighted by Gasteiger charge is -2.02. The van der Waals surface area contributed by atoms with Crippen molar-refractivity contribution in [1.29, 1.82) is 0 Å². The Morgan fingerprint density at radius 2 is 0.475 bits per heavy atom. The predicted molar refractivity (Wildman–Crippen MR) is 144 cm³/mol. The van der Waals surface area contributed by atoms with Crippen molar-refractivity contribution in [2.45, 2.75) is 0 Å². The molecule has 0 atom stereocenters. The zero-order valence-corrected chi connectivity index (χ0v) is 20.4. The second-order valence-electron chi connectivity index (χ2n) is 8.36. The number of fused-ring (bicyclic) bond motifs is 4. The Labute approximate surface area is 223 Å². The minimum atomic E-state index is -2.02. The normalized spacial score (nSPS) is 10.7. The van der Waals surface area contributed by atoms with Gasteiger partial charge in [-0.15, -0.1) is 0 Å². The third-order valence-corrected chi connectivity index (χ3v) is 5.71. The Hall–Kier alpha value is -5.38. The van der Waals surface area contributed by atoms with Crippen LogP contribution in [-0.4, -0.2) is 30.1 Å². The number of aromatic nitrogens is 4. The van der Waals surface area contributed by atoms with Crippen molar-refractivity contribution < 1.29 is 27.8 Å². The second kappa shape index (κ2) is 11.2. The summed E-state index contributed by atoms with van der Waals surface area (Å²) in [6.07, 6.45) is 0. The number of nitrogens with zero attached hydrogens (tertiary/aromatic N) is 4. The van der Waals surface area contributed by atoms with Crippen molar-refractivity contribution in [2.24, 2.45) is 0 Å². The van der Waals surface area contributed by atoms with Crippen LogP contribution in [0.3, 0.4) is 0 Å². The van der Waals surface area contributed by atoms with E-state index in [1.807, 2.05) is 97.1 Å². The van der Waals surface area contributed by atoms with Gasteiger partial charge in [0.2, 0.25) is 23.3 Å². The zero-order chi connectivity index (χ0) is 28.2. The van der Waals surface area contributed by atoms with Gasteiger partial charge in [0.1, 0.15) is 0 Å². The quantitative estimate of drug-likeness (QED) is 0.0910. The van der Waals surface area contributed by atoms with Gasteiger partial charge in [-0.3, -0.25) is 0 Å². The number of benzene rings is 5. The molecule has 2 aromatic heterocycles. The number of rotatable bonds is 0. The third kappa shape index (κ3) is 5.28. The predicted octanol–water partition coefficient (Wildman–Crippen LogP) is 7.22. The summed E-state index contributed by atoms with van der Waals surface area (Å²) < 4.78 is 49.0. The van der Waals surface area contributed by atoms with Gasteiger partial charge in [-0.1, -0.05) is 48.5 Å². The molecule has 0 aliphatic heterocycles. The molecule has 0 radical (unpaired) electrons. The van der Waals surface area contributed by atoms with E-state index in [0.717, 1.165) is 44.1 Å². The molecule has 0 unspecified atom stereocenters. The van der Waals surface area contributed by atoms with Crippen LogP contribution >= 0.6 is 0 Å². The Balaban J connectivity index is 0.000000122. The molecule has 7 rings (SSSR count). The highest BCUT2D eigenvalue weighted by Gasteiger charge is 2.24. The Morgan fingerprint density at radius 1 is 0.325 bits per heavy atom. The Kier molecular flexibility index (Phi) is 7.32. The molecular formula is C30H18F4N4O2. The van der Waals surface area contributed by atoms with Crippen LogP contribution in [0.5, 0.6) is 11.5 Å². The number of hydrogen-bond acceptors (Lipinski definition) is 6. The van der Waals surface area contributed by atoms with Gasteiger partial charge >= 0.3 is 0 Å². The first-order chi connectivity index (χ1) is 19.3. The number of halogens is 4. The van der Waals surface area contributed by atoms with Crippen molar-refractivity contribution in [3.63, 3.8) is 0 Å². The molecule has 0 saturated carbocycles. The molecule has 2 heterocycles. The highest BCUT2D eigenvalue weighted by molar-refractivity contribution is 5.86. The zero-order valence-electron chi connectivity index (χ0n) is 20.4. The topological polar surface area (TPSA) is 92.0 Å². The number of para-hydroxylation sites is 8. The monoisotopic (exact) mass is 542 g/mol. The fourth-order valence-electron chi connectivity index (χ4n) is 3.74. The summed E-state index contributed by atoms with van der Waals surface area (Å²) in [5.41, 5.74) is 7.60. The third-order valence-electron chi connectivity index (χ3n) is 5.71. The van der Waals surface area contributed by atoms with Gasteiger partial charge in [-0.25, -0.2) is 19.9 Å². The standard InChI is InChI=1S/2C12H8N2.C6H2F4O2/c2*1-2-6-10-9(5-1)13-11-7-3-4-8-12(11)14-10;7-1-2(8)6(12)4(10)3(9)5(1)11/h2*1-8H;11-12H. The van der Waals surface area contributed by atoms with Gasteiger partial charge in [0.15, 0.2) is 11.5 Å². The summed E-state index contributed by atoms with van der Waals surface area (Å²) in [6.45, 7) is 0. The summed E-state index contributed by atoms with van der Waals surface area (Å²) in [5.74, 6) is -11.7. The van der Waals surface area contributed by atoms with Crippen molar-refractivity contribution in [1.82, 2.24) is 19.9 Å². The largest absolute Gasteiger partial charge is 0.503 e. The number of hydrogen-bond donors (Lipinski definition) is 2. The highest BCUT2D eigenvalue weighted by Crippen LogP contribution is 2.32. The number of phenols is 2. The molecule has 0 aliphatic carbocycles. The fourth-order valence-corrected chi connectivity index (χ4v) is 3.74. The van der Waals surface area contributed by atoms with E-state index in [9.17, 15) is 17.6 Å². The van der Waals surface area contributed by atoms with E-state index < -0.39 is 34.8 Å². The van der Waals surface area contributed by atoms with Crippen LogP contribution in [0, 0.1) is 23.3 Å². The molecule has 0 aliphatic rings. The highest BCUT2D eigenvalue weighted by atomic mass is 19.2. The average Bonchev–Trinajstić information content (AvgIpc) is 3.00. The van der Waals surface area contributed by atoms with Crippen LogP contribution in [0.4, 0.5) is 17.6 Å². The van der Waals surface area contributed by atoms with Gasteiger partial charge < -0.3 is 10.2 Å². The van der Waals surface area contributed by atoms with E-state index in [0.29, 0.717) is 0 Å². The molecule has 5 aromatic carbocycles. The maximum absolute atomic E-state index is 12.2. The van der Waals surface area contributed by atoms with Gasteiger partial charge in [-0.05, 0) is 48.5 Å². The molecule has 6 nitrogen and oxygen atoms in total. The lowest BCUT2D eigenvalue weighted by atomic mass is 10.2. The molecular weight excluding hydrogens is 524 g/mol. The second-order valence-corrected chi connectivity index (χ2v) is 8.36. The van der Waals surface area contributed by atoms with Crippen molar-refractivity contribution in [3.05, 3.63) is 120 Å². The molecule has 0 amide bonds. The van der Waals surface area contributed by atoms with E-state index in [1.165, 1.54) is 0 Å². The van der Waals surface area contributed by atoms with Gasteiger partial charge in [0, 0.05) is 0 Å². The van der Waals surface area contributed by atoms with Crippen LogP contribution < -0.4 is 0 Å². The molecule has 0 saturated heterocycles. The minimum Gasteiger partial charge on any atom is -0.503 e. The van der Waals surface area contributed by atoms with Gasteiger partial charge in [-0.2, -0.15) is 17.6 Å². The van der Waals surface area contributed by atoms with Crippen molar-refractivity contribution in [2.75, 3.05) is 0 Å². The van der Waals surface area contributed by atoms with E-state index in [2.05, 4.69) is 19.9 Å². The van der Waals surface area contributed by atoms with E-state index in [4.69, 9.17) is 10.2 Å². The summed E-state index contributed by atoms with van der Waals surface area (Å²) in [7, 11) is 0. The first kappa shape index (κ1) is 26.2. The fraction of sp³-hybridized carbons (Fsp3) is 0. The molecule has 0 bridgehead atoms. The molecule has 10 heteroatoms. The molecule has 0 spiro atoms. The van der Waals surface area contributed by atoms with E-state index in [1.54, 1.807) is 0 Å². The van der Waals surface area contributed by atoms with Gasteiger partial charge in [0.05, 0.1) is 44.1 Å². The van der Waals surface area contributed by atoms with Crippen LogP contribution in [-0.2, 0) is 0 Å². The van der Waals surface area contributed by atoms with Crippen molar-refractivity contribution >= 4 is 44.1 Å². The Bertz CT molecular complexity index is 1580. The Morgan fingerprint density at radius 3 is 0.625 bits per heavy atom. The van der Waals surface area contributed by atoms with E-state index >= 15 is 0 Å². The number of phenolic OH excluding ortho intramolecular Hbond substituents is 2. The summed E-state index contributed by atoms with van der Waals surface area (Å²) in [6, 6.07) is 31.7. The molecule has 40 heavy (non-hydrogen) atoms. The molecule has 2 N–H and O–H groups in total. The summed E-state index contributed by atoms with van der Waals surface area (Å²) >= 11 is 0. The smallest absolute Gasteiger partial charge is 0.207 e. The number of aromatic hydroxyl groups is 2. The van der Waals surface area contributed by atoms with Crippen LogP contribution in [0.15, 0.2) is 97.1 Å². The molecule has 7 aromatic rings. The van der Waals surface area contributed by atoms with Crippen molar-refractivity contribution in [3.8, 4) is 11.5 Å². The summed E-state index contributed by atoms with van der Waals surface area (Å²) in [5, 5.41) is 16.7. The lowest BCUT2D eigenvalue weighted by molar-refractivity contribution is 0.319. The lowest BCUT2D eigenvalue weighted by Crippen LogP contribution is -1.94. The molecule has 198 valence electrons. The van der Waals surface area contributed by atoms with E-state index in [-0.39, 0.29) is 0 Å². The minimum absolute atomic E-state index is 0.950. The van der Waals surface area contributed by atoms with Crippen LogP contribution in [0.2, 0.25) is 0 Å². The first-order valence-electron chi connectivity index (χ1n) is 11.8. The maximum Gasteiger partial charge on any atom is 0.207 e. The first-order valence-corrected chi connectivity index (χ1v) is 11.8. The van der Waals surface area contributed by atoms with Crippen LogP contribution in [0.1, 0.15) is 0 Å². The van der Waals surface area contributed by atoms with Gasteiger partial charge in [0.25, 0.3) is 0 Å². The average molecular weight is 542 g/mol. The van der Waals surface area contributed by atoms with Crippen LogP contribution in [0.25, 0.3) is 44.1 Å².